The number of carbonyl (C=O) groups is 1. The number of rotatable bonds is 6. The van der Waals surface area contributed by atoms with Crippen molar-refractivity contribution < 1.29 is 13.6 Å². The number of halogens is 2. The van der Waals surface area contributed by atoms with Gasteiger partial charge in [0, 0.05) is 11.4 Å². The van der Waals surface area contributed by atoms with E-state index >= 15 is 0 Å². The Morgan fingerprint density at radius 2 is 1.76 bits per heavy atom. The van der Waals surface area contributed by atoms with Gasteiger partial charge in [-0.05, 0) is 48.6 Å². The van der Waals surface area contributed by atoms with Crippen molar-refractivity contribution in [2.45, 2.75) is 11.3 Å². The van der Waals surface area contributed by atoms with Crippen LogP contribution in [0.4, 0.5) is 8.78 Å². The molecule has 0 spiro atoms. The van der Waals surface area contributed by atoms with Crippen LogP contribution >= 0.6 is 11.8 Å². The first kappa shape index (κ1) is 15.5. The lowest BCUT2D eigenvalue weighted by Gasteiger charge is -2.06. The standard InChI is InChI=1S/C16H15F2NOS/c17-12-6-8-13(9-7-12)21-11-3-10-19-16(20)14-4-1-2-5-15(14)18/h1-2,4-9H,3,10-11H2,(H,19,20). The van der Waals surface area contributed by atoms with E-state index in [-0.39, 0.29) is 11.4 Å². The molecular weight excluding hydrogens is 292 g/mol. The molecule has 0 aliphatic carbocycles. The largest absolute Gasteiger partial charge is 0.352 e. The summed E-state index contributed by atoms with van der Waals surface area (Å²) >= 11 is 1.59. The second kappa shape index (κ2) is 7.78. The van der Waals surface area contributed by atoms with Crippen LogP contribution in [0, 0.1) is 11.6 Å². The molecular formula is C16H15F2NOS. The number of amides is 1. The van der Waals surface area contributed by atoms with Crippen LogP contribution < -0.4 is 5.32 Å². The maximum Gasteiger partial charge on any atom is 0.254 e. The van der Waals surface area contributed by atoms with Gasteiger partial charge in [-0.1, -0.05) is 12.1 Å². The molecule has 21 heavy (non-hydrogen) atoms. The highest BCUT2D eigenvalue weighted by atomic mass is 32.2. The molecule has 0 aliphatic heterocycles. The predicted octanol–water partition coefficient (Wildman–Crippen LogP) is 3.88. The number of hydrogen-bond donors (Lipinski definition) is 1. The second-order valence-corrected chi connectivity index (χ2v) is 5.56. The van der Waals surface area contributed by atoms with E-state index < -0.39 is 11.7 Å². The van der Waals surface area contributed by atoms with E-state index in [4.69, 9.17) is 0 Å². The molecule has 5 heteroatoms. The summed E-state index contributed by atoms with van der Waals surface area (Å²) in [4.78, 5) is 12.7. The normalized spacial score (nSPS) is 10.4. The van der Waals surface area contributed by atoms with Crippen molar-refractivity contribution in [3.8, 4) is 0 Å². The lowest BCUT2D eigenvalue weighted by molar-refractivity contribution is 0.0950. The Kier molecular flexibility index (Phi) is 5.75. The molecule has 1 N–H and O–H groups in total. The second-order valence-electron chi connectivity index (χ2n) is 4.39. The van der Waals surface area contributed by atoms with Crippen LogP contribution in [0.1, 0.15) is 16.8 Å². The highest BCUT2D eigenvalue weighted by Crippen LogP contribution is 2.18. The van der Waals surface area contributed by atoms with Crippen LogP contribution in [-0.4, -0.2) is 18.2 Å². The fraction of sp³-hybridized carbons (Fsp3) is 0.188. The maximum absolute atomic E-state index is 13.4. The summed E-state index contributed by atoms with van der Waals surface area (Å²) < 4.78 is 26.1. The van der Waals surface area contributed by atoms with Crippen LogP contribution in [0.25, 0.3) is 0 Å². The third-order valence-corrected chi connectivity index (χ3v) is 3.91. The Morgan fingerprint density at radius 1 is 1.05 bits per heavy atom. The zero-order chi connectivity index (χ0) is 15.1. The molecule has 0 fully saturated rings. The molecule has 0 heterocycles. The summed E-state index contributed by atoms with van der Waals surface area (Å²) in [5, 5.41) is 2.68. The van der Waals surface area contributed by atoms with Crippen molar-refractivity contribution in [3.63, 3.8) is 0 Å². The van der Waals surface area contributed by atoms with Gasteiger partial charge in [0.05, 0.1) is 5.56 Å². The van der Waals surface area contributed by atoms with E-state index in [1.165, 1.54) is 24.3 Å². The van der Waals surface area contributed by atoms with Gasteiger partial charge < -0.3 is 5.32 Å². The van der Waals surface area contributed by atoms with Crippen molar-refractivity contribution in [1.29, 1.82) is 0 Å². The summed E-state index contributed by atoms with van der Waals surface area (Å²) in [5.41, 5.74) is 0.0590. The highest BCUT2D eigenvalue weighted by molar-refractivity contribution is 7.99. The summed E-state index contributed by atoms with van der Waals surface area (Å²) in [6.45, 7) is 0.474. The molecule has 0 unspecified atom stereocenters. The first-order chi connectivity index (χ1) is 10.2. The fourth-order valence-corrected chi connectivity index (χ4v) is 2.59. The van der Waals surface area contributed by atoms with E-state index in [1.807, 2.05) is 0 Å². The van der Waals surface area contributed by atoms with Gasteiger partial charge in [0.25, 0.3) is 5.91 Å². The molecule has 0 radical (unpaired) electrons. The minimum absolute atomic E-state index is 0.0590. The first-order valence-electron chi connectivity index (χ1n) is 6.58. The Morgan fingerprint density at radius 3 is 2.48 bits per heavy atom. The molecule has 2 rings (SSSR count). The van der Waals surface area contributed by atoms with Gasteiger partial charge in [0.1, 0.15) is 11.6 Å². The minimum Gasteiger partial charge on any atom is -0.352 e. The van der Waals surface area contributed by atoms with Crippen molar-refractivity contribution >= 4 is 17.7 Å². The van der Waals surface area contributed by atoms with Crippen molar-refractivity contribution in [2.24, 2.45) is 0 Å². The van der Waals surface area contributed by atoms with Gasteiger partial charge in [-0.2, -0.15) is 0 Å². The van der Waals surface area contributed by atoms with Crippen LogP contribution in [-0.2, 0) is 0 Å². The SMILES string of the molecule is O=C(NCCCSc1ccc(F)cc1)c1ccccc1F. The third kappa shape index (κ3) is 4.86. The lowest BCUT2D eigenvalue weighted by atomic mass is 10.2. The molecule has 2 nitrogen and oxygen atoms in total. The van der Waals surface area contributed by atoms with Crippen LogP contribution in [0.2, 0.25) is 0 Å². The number of thioether (sulfide) groups is 1. The molecule has 0 bridgehead atoms. The van der Waals surface area contributed by atoms with E-state index in [9.17, 15) is 13.6 Å². The lowest BCUT2D eigenvalue weighted by Crippen LogP contribution is -2.25. The van der Waals surface area contributed by atoms with Gasteiger partial charge in [0.15, 0.2) is 0 Å². The van der Waals surface area contributed by atoms with Crippen molar-refractivity contribution in [3.05, 3.63) is 65.7 Å². The van der Waals surface area contributed by atoms with Gasteiger partial charge in [-0.3, -0.25) is 4.79 Å². The number of hydrogen-bond acceptors (Lipinski definition) is 2. The van der Waals surface area contributed by atoms with Crippen molar-refractivity contribution in [1.82, 2.24) is 5.32 Å². The molecule has 2 aromatic rings. The van der Waals surface area contributed by atoms with Gasteiger partial charge >= 0.3 is 0 Å². The van der Waals surface area contributed by atoms with E-state index in [0.29, 0.717) is 6.54 Å². The van der Waals surface area contributed by atoms with Crippen molar-refractivity contribution in [2.75, 3.05) is 12.3 Å². The highest BCUT2D eigenvalue weighted by Gasteiger charge is 2.09. The predicted molar refractivity (Wildman–Crippen MR) is 80.5 cm³/mol. The smallest absolute Gasteiger partial charge is 0.254 e. The molecule has 0 aromatic heterocycles. The molecule has 0 atom stereocenters. The van der Waals surface area contributed by atoms with E-state index in [0.717, 1.165) is 17.1 Å². The van der Waals surface area contributed by atoms with Crippen LogP contribution in [0.3, 0.4) is 0 Å². The Balaban J connectivity index is 1.69. The Hall–Kier alpha value is -1.88. The summed E-state index contributed by atoms with van der Waals surface area (Å²) in [6.07, 6.45) is 0.752. The summed E-state index contributed by atoms with van der Waals surface area (Å²) in [7, 11) is 0. The molecule has 0 saturated carbocycles. The maximum atomic E-state index is 13.4. The average molecular weight is 307 g/mol. The number of carbonyl (C=O) groups excluding carboxylic acids is 1. The third-order valence-electron chi connectivity index (χ3n) is 2.81. The minimum atomic E-state index is -0.518. The van der Waals surface area contributed by atoms with Crippen LogP contribution in [0.15, 0.2) is 53.4 Å². The number of benzene rings is 2. The zero-order valence-corrected chi connectivity index (χ0v) is 12.1. The Bertz CT molecular complexity index is 601. The first-order valence-corrected chi connectivity index (χ1v) is 7.56. The summed E-state index contributed by atoms with van der Waals surface area (Å²) in [5.74, 6) is -0.379. The van der Waals surface area contributed by atoms with Crippen LogP contribution in [0.5, 0.6) is 0 Å². The molecule has 0 aliphatic rings. The van der Waals surface area contributed by atoms with Gasteiger partial charge in [-0.25, -0.2) is 8.78 Å². The topological polar surface area (TPSA) is 29.1 Å². The van der Waals surface area contributed by atoms with E-state index in [1.54, 1.807) is 36.0 Å². The van der Waals surface area contributed by atoms with Gasteiger partial charge in [0.2, 0.25) is 0 Å². The monoisotopic (exact) mass is 307 g/mol. The molecule has 1 amide bonds. The zero-order valence-electron chi connectivity index (χ0n) is 11.3. The summed E-state index contributed by atoms with van der Waals surface area (Å²) in [6, 6.07) is 12.2. The molecule has 110 valence electrons. The quantitative estimate of drug-likeness (QED) is 0.648. The average Bonchev–Trinajstić information content (AvgIpc) is 2.49. The number of nitrogens with one attached hydrogen (secondary N) is 1. The van der Waals surface area contributed by atoms with Gasteiger partial charge in [-0.15, -0.1) is 11.8 Å². The fourth-order valence-electron chi connectivity index (χ4n) is 1.74. The Labute approximate surface area is 126 Å². The molecule has 2 aromatic carbocycles. The van der Waals surface area contributed by atoms with E-state index in [2.05, 4.69) is 5.32 Å². The molecule has 0 saturated heterocycles.